The minimum absolute atomic E-state index is 0.357. The number of rotatable bonds is 2. The van der Waals surface area contributed by atoms with Crippen molar-refractivity contribution in [1.82, 2.24) is 14.8 Å². The summed E-state index contributed by atoms with van der Waals surface area (Å²) in [6.07, 6.45) is 3.14. The first-order valence-electron chi connectivity index (χ1n) is 7.01. The van der Waals surface area contributed by atoms with Crippen molar-refractivity contribution in [3.8, 4) is 0 Å². The van der Waals surface area contributed by atoms with Crippen LogP contribution in [0.3, 0.4) is 0 Å². The molecule has 1 aromatic carbocycles. The summed E-state index contributed by atoms with van der Waals surface area (Å²) in [5, 5.41) is 8.77. The standard InChI is InChI=1S/C16H21N3/c1-12-6-4-5-7-13(12)10-15-18-17-14-8-9-16(2,3)11-19(14)15/h4-7H,8-11H2,1-3H3. The van der Waals surface area contributed by atoms with Crippen molar-refractivity contribution in [2.45, 2.75) is 46.6 Å². The van der Waals surface area contributed by atoms with Gasteiger partial charge in [0.05, 0.1) is 0 Å². The van der Waals surface area contributed by atoms with Crippen LogP contribution in [0.1, 0.15) is 43.0 Å². The van der Waals surface area contributed by atoms with E-state index in [1.807, 2.05) is 0 Å². The van der Waals surface area contributed by atoms with Crippen molar-refractivity contribution < 1.29 is 0 Å². The highest BCUT2D eigenvalue weighted by atomic mass is 15.3. The second kappa shape index (κ2) is 4.48. The molecule has 0 unspecified atom stereocenters. The molecule has 3 rings (SSSR count). The zero-order chi connectivity index (χ0) is 13.5. The number of fused-ring (bicyclic) bond motifs is 1. The van der Waals surface area contributed by atoms with Crippen LogP contribution in [0, 0.1) is 12.3 Å². The molecular weight excluding hydrogens is 234 g/mol. The first kappa shape index (κ1) is 12.4. The highest BCUT2D eigenvalue weighted by molar-refractivity contribution is 5.28. The lowest BCUT2D eigenvalue weighted by molar-refractivity contribution is 0.244. The molecule has 0 amide bonds. The third-order valence-electron chi connectivity index (χ3n) is 4.13. The van der Waals surface area contributed by atoms with E-state index in [4.69, 9.17) is 0 Å². The Morgan fingerprint density at radius 2 is 2.00 bits per heavy atom. The second-order valence-electron chi connectivity index (χ2n) is 6.39. The number of nitrogens with zero attached hydrogens (tertiary/aromatic N) is 3. The first-order chi connectivity index (χ1) is 9.05. The molecule has 1 aliphatic rings. The first-order valence-corrected chi connectivity index (χ1v) is 7.01. The molecule has 0 N–H and O–H groups in total. The van der Waals surface area contributed by atoms with Gasteiger partial charge in [-0.3, -0.25) is 0 Å². The van der Waals surface area contributed by atoms with Gasteiger partial charge in [0.25, 0.3) is 0 Å². The fourth-order valence-electron chi connectivity index (χ4n) is 2.81. The number of hydrogen-bond acceptors (Lipinski definition) is 2. The van der Waals surface area contributed by atoms with Gasteiger partial charge >= 0.3 is 0 Å². The van der Waals surface area contributed by atoms with Crippen molar-refractivity contribution >= 4 is 0 Å². The van der Waals surface area contributed by atoms with Gasteiger partial charge in [0.1, 0.15) is 11.6 Å². The summed E-state index contributed by atoms with van der Waals surface area (Å²) in [6, 6.07) is 8.53. The maximum absolute atomic E-state index is 4.41. The molecule has 100 valence electrons. The van der Waals surface area contributed by atoms with E-state index in [2.05, 4.69) is 59.8 Å². The molecule has 1 aliphatic heterocycles. The van der Waals surface area contributed by atoms with Crippen LogP contribution in [0.15, 0.2) is 24.3 Å². The van der Waals surface area contributed by atoms with Gasteiger partial charge < -0.3 is 4.57 Å². The Morgan fingerprint density at radius 3 is 2.79 bits per heavy atom. The number of aryl methyl sites for hydroxylation is 2. The molecular formula is C16H21N3. The van der Waals surface area contributed by atoms with Crippen LogP contribution in [0.4, 0.5) is 0 Å². The van der Waals surface area contributed by atoms with Gasteiger partial charge in [0.15, 0.2) is 0 Å². The monoisotopic (exact) mass is 255 g/mol. The third-order valence-corrected chi connectivity index (χ3v) is 4.13. The molecule has 0 saturated carbocycles. The SMILES string of the molecule is Cc1ccccc1Cc1nnc2n1CC(C)(C)CC2. The summed E-state index contributed by atoms with van der Waals surface area (Å²) in [4.78, 5) is 0. The summed E-state index contributed by atoms with van der Waals surface area (Å²) in [7, 11) is 0. The van der Waals surface area contributed by atoms with Crippen molar-refractivity contribution in [2.24, 2.45) is 5.41 Å². The van der Waals surface area contributed by atoms with Crippen LogP contribution < -0.4 is 0 Å². The van der Waals surface area contributed by atoms with E-state index < -0.39 is 0 Å². The van der Waals surface area contributed by atoms with Crippen molar-refractivity contribution in [3.63, 3.8) is 0 Å². The molecule has 0 spiro atoms. The largest absolute Gasteiger partial charge is 0.314 e. The minimum Gasteiger partial charge on any atom is -0.314 e. The number of aromatic nitrogens is 3. The predicted octanol–water partition coefficient (Wildman–Crippen LogP) is 3.15. The summed E-state index contributed by atoms with van der Waals surface area (Å²) < 4.78 is 2.33. The van der Waals surface area contributed by atoms with Crippen LogP contribution in [0.5, 0.6) is 0 Å². The van der Waals surface area contributed by atoms with E-state index in [0.717, 1.165) is 31.0 Å². The lowest BCUT2D eigenvalue weighted by Crippen LogP contribution is -2.28. The molecule has 0 saturated heterocycles. The van der Waals surface area contributed by atoms with Crippen molar-refractivity contribution in [3.05, 3.63) is 47.0 Å². The van der Waals surface area contributed by atoms with Gasteiger partial charge in [-0.2, -0.15) is 0 Å². The smallest absolute Gasteiger partial charge is 0.137 e. The fourth-order valence-corrected chi connectivity index (χ4v) is 2.81. The summed E-state index contributed by atoms with van der Waals surface area (Å²) in [6.45, 7) is 7.85. The fraction of sp³-hybridized carbons (Fsp3) is 0.500. The van der Waals surface area contributed by atoms with Crippen LogP contribution in [-0.2, 0) is 19.4 Å². The molecule has 0 fully saturated rings. The average Bonchev–Trinajstić information content (AvgIpc) is 2.73. The lowest BCUT2D eigenvalue weighted by atomic mass is 9.85. The Labute approximate surface area is 114 Å². The zero-order valence-electron chi connectivity index (χ0n) is 12.0. The Morgan fingerprint density at radius 1 is 1.21 bits per heavy atom. The Balaban J connectivity index is 1.92. The molecule has 19 heavy (non-hydrogen) atoms. The highest BCUT2D eigenvalue weighted by Gasteiger charge is 2.28. The minimum atomic E-state index is 0.357. The summed E-state index contributed by atoms with van der Waals surface area (Å²) in [5.41, 5.74) is 3.03. The Kier molecular flexibility index (Phi) is 2.92. The molecule has 3 heteroatoms. The molecule has 3 nitrogen and oxygen atoms in total. The van der Waals surface area contributed by atoms with Gasteiger partial charge in [-0.15, -0.1) is 10.2 Å². The van der Waals surface area contributed by atoms with Gasteiger partial charge in [-0.1, -0.05) is 38.1 Å². The van der Waals surface area contributed by atoms with Crippen LogP contribution in [-0.4, -0.2) is 14.8 Å². The number of hydrogen-bond donors (Lipinski definition) is 0. The van der Waals surface area contributed by atoms with Crippen LogP contribution in [0.2, 0.25) is 0 Å². The number of benzene rings is 1. The molecule has 0 radical (unpaired) electrons. The predicted molar refractivity (Wildman–Crippen MR) is 76.1 cm³/mol. The Bertz CT molecular complexity index is 596. The van der Waals surface area contributed by atoms with Gasteiger partial charge in [-0.25, -0.2) is 0 Å². The lowest BCUT2D eigenvalue weighted by Gasteiger charge is -2.30. The maximum atomic E-state index is 4.41. The van der Waals surface area contributed by atoms with Crippen LogP contribution >= 0.6 is 0 Å². The maximum Gasteiger partial charge on any atom is 0.137 e. The molecule has 1 aromatic heterocycles. The third kappa shape index (κ3) is 2.42. The molecule has 2 aromatic rings. The van der Waals surface area contributed by atoms with Gasteiger partial charge in [-0.05, 0) is 29.9 Å². The zero-order valence-corrected chi connectivity index (χ0v) is 12.0. The van der Waals surface area contributed by atoms with E-state index in [9.17, 15) is 0 Å². The molecule has 0 aliphatic carbocycles. The molecule has 2 heterocycles. The van der Waals surface area contributed by atoms with E-state index in [-0.39, 0.29) is 0 Å². The topological polar surface area (TPSA) is 30.7 Å². The van der Waals surface area contributed by atoms with Crippen LogP contribution in [0.25, 0.3) is 0 Å². The van der Waals surface area contributed by atoms with Gasteiger partial charge in [0, 0.05) is 19.4 Å². The highest BCUT2D eigenvalue weighted by Crippen LogP contribution is 2.31. The summed E-state index contributed by atoms with van der Waals surface area (Å²) in [5.74, 6) is 2.26. The second-order valence-corrected chi connectivity index (χ2v) is 6.39. The van der Waals surface area contributed by atoms with Crippen molar-refractivity contribution in [2.75, 3.05) is 0 Å². The van der Waals surface area contributed by atoms with E-state index in [1.54, 1.807) is 0 Å². The van der Waals surface area contributed by atoms with E-state index >= 15 is 0 Å². The van der Waals surface area contributed by atoms with E-state index in [0.29, 0.717) is 5.41 Å². The quantitative estimate of drug-likeness (QED) is 0.825. The summed E-state index contributed by atoms with van der Waals surface area (Å²) >= 11 is 0. The normalized spacial score (nSPS) is 17.2. The Hall–Kier alpha value is -1.64. The van der Waals surface area contributed by atoms with Gasteiger partial charge in [0.2, 0.25) is 0 Å². The average molecular weight is 255 g/mol. The van der Waals surface area contributed by atoms with E-state index in [1.165, 1.54) is 17.5 Å². The molecule has 0 bridgehead atoms. The van der Waals surface area contributed by atoms with Crippen molar-refractivity contribution in [1.29, 1.82) is 0 Å². The molecule has 0 atom stereocenters.